The number of aromatic nitrogens is 1. The molecule has 0 aliphatic carbocycles. The van der Waals surface area contributed by atoms with Crippen LogP contribution in [0, 0.1) is 17.2 Å². The van der Waals surface area contributed by atoms with Crippen LogP contribution >= 0.6 is 0 Å². The normalized spacial score (nSPS) is 10.6. The van der Waals surface area contributed by atoms with E-state index < -0.39 is 0 Å². The molecule has 0 amide bonds. The molecule has 4 heteroatoms. The quantitative estimate of drug-likeness (QED) is 0.814. The molecule has 0 aliphatic heterocycles. The van der Waals surface area contributed by atoms with Gasteiger partial charge < -0.3 is 9.30 Å². The Morgan fingerprint density at radius 3 is 2.43 bits per heavy atom. The summed E-state index contributed by atoms with van der Waals surface area (Å²) in [7, 11) is 0. The predicted octanol–water partition coefficient (Wildman–Crippen LogP) is 3.83. The topological polar surface area (TPSA) is 55.0 Å². The van der Waals surface area contributed by atoms with Crippen LogP contribution in [0.2, 0.25) is 0 Å². The lowest BCUT2D eigenvalue weighted by Crippen LogP contribution is -2.23. The molecule has 0 radical (unpaired) electrons. The molecule has 1 heterocycles. The molecule has 0 unspecified atom stereocenters. The molecular weight excluding hydrogens is 288 g/mol. The van der Waals surface area contributed by atoms with Gasteiger partial charge in [0, 0.05) is 6.54 Å². The molecule has 0 spiro atoms. The lowest BCUT2D eigenvalue weighted by Gasteiger charge is -2.13. The van der Waals surface area contributed by atoms with Crippen LogP contribution in [0.1, 0.15) is 32.8 Å². The minimum absolute atomic E-state index is 0.180. The standard InChI is InChI=1S/C19H22N2O2/c1-4-11-21-18(10-7-16(12-20)19(21)22)15-5-8-17(9-6-15)23-13-14(2)3/h5-10,14H,4,11,13H2,1-3H3. The molecule has 120 valence electrons. The van der Waals surface area contributed by atoms with Crippen LogP contribution in [0.4, 0.5) is 0 Å². The fourth-order valence-electron chi connectivity index (χ4n) is 2.35. The summed E-state index contributed by atoms with van der Waals surface area (Å²) in [5, 5.41) is 9.03. The lowest BCUT2D eigenvalue weighted by molar-refractivity contribution is 0.271. The van der Waals surface area contributed by atoms with Crippen molar-refractivity contribution < 1.29 is 4.74 Å². The van der Waals surface area contributed by atoms with Crippen molar-refractivity contribution in [2.75, 3.05) is 6.61 Å². The van der Waals surface area contributed by atoms with Gasteiger partial charge in [0.05, 0.1) is 12.3 Å². The van der Waals surface area contributed by atoms with Crippen molar-refractivity contribution in [3.8, 4) is 23.1 Å². The van der Waals surface area contributed by atoms with Crippen LogP contribution in [-0.2, 0) is 6.54 Å². The second-order valence-corrected chi connectivity index (χ2v) is 5.93. The highest BCUT2D eigenvalue weighted by atomic mass is 16.5. The van der Waals surface area contributed by atoms with Gasteiger partial charge in [0.2, 0.25) is 0 Å². The number of hydrogen-bond donors (Lipinski definition) is 0. The molecule has 0 saturated carbocycles. The molecule has 4 nitrogen and oxygen atoms in total. The summed E-state index contributed by atoms with van der Waals surface area (Å²) < 4.78 is 7.35. The summed E-state index contributed by atoms with van der Waals surface area (Å²) in [6.07, 6.45) is 0.831. The number of benzene rings is 1. The Balaban J connectivity index is 2.36. The number of nitriles is 1. The smallest absolute Gasteiger partial charge is 0.268 e. The summed E-state index contributed by atoms with van der Waals surface area (Å²) in [5.74, 6) is 1.29. The molecule has 0 atom stereocenters. The average molecular weight is 310 g/mol. The Hall–Kier alpha value is -2.54. The van der Waals surface area contributed by atoms with E-state index in [4.69, 9.17) is 10.00 Å². The summed E-state index contributed by atoms with van der Waals surface area (Å²) in [6.45, 7) is 7.49. The van der Waals surface area contributed by atoms with Crippen molar-refractivity contribution in [3.63, 3.8) is 0 Å². The highest BCUT2D eigenvalue weighted by Crippen LogP contribution is 2.22. The second kappa shape index (κ2) is 7.64. The van der Waals surface area contributed by atoms with Gasteiger partial charge in [-0.3, -0.25) is 4.79 Å². The summed E-state index contributed by atoms with van der Waals surface area (Å²) >= 11 is 0. The number of nitrogens with zero attached hydrogens (tertiary/aromatic N) is 2. The van der Waals surface area contributed by atoms with E-state index in [1.54, 1.807) is 10.6 Å². The third-order valence-corrected chi connectivity index (χ3v) is 3.48. The lowest BCUT2D eigenvalue weighted by atomic mass is 10.1. The van der Waals surface area contributed by atoms with E-state index in [0.29, 0.717) is 19.1 Å². The van der Waals surface area contributed by atoms with Crippen molar-refractivity contribution in [2.45, 2.75) is 33.7 Å². The maximum Gasteiger partial charge on any atom is 0.268 e. The zero-order valence-electron chi connectivity index (χ0n) is 13.9. The van der Waals surface area contributed by atoms with Gasteiger partial charge in [-0.25, -0.2) is 0 Å². The predicted molar refractivity (Wildman–Crippen MR) is 91.5 cm³/mol. The highest BCUT2D eigenvalue weighted by Gasteiger charge is 2.10. The Morgan fingerprint density at radius 1 is 1.17 bits per heavy atom. The van der Waals surface area contributed by atoms with Crippen molar-refractivity contribution in [1.82, 2.24) is 4.57 Å². The molecule has 1 aromatic heterocycles. The van der Waals surface area contributed by atoms with E-state index in [1.165, 1.54) is 0 Å². The Labute approximate surface area is 137 Å². The van der Waals surface area contributed by atoms with E-state index in [9.17, 15) is 4.79 Å². The van der Waals surface area contributed by atoms with Gasteiger partial charge in [-0.15, -0.1) is 0 Å². The summed E-state index contributed by atoms with van der Waals surface area (Å²) in [6, 6.07) is 13.1. The number of pyridine rings is 1. The highest BCUT2D eigenvalue weighted by molar-refractivity contribution is 5.61. The fourth-order valence-corrected chi connectivity index (χ4v) is 2.35. The fraction of sp³-hybridized carbons (Fsp3) is 0.368. The molecule has 0 N–H and O–H groups in total. The Kier molecular flexibility index (Phi) is 5.59. The van der Waals surface area contributed by atoms with Gasteiger partial charge in [0.1, 0.15) is 17.4 Å². The minimum Gasteiger partial charge on any atom is -0.493 e. The maximum absolute atomic E-state index is 12.3. The van der Waals surface area contributed by atoms with Gasteiger partial charge in [-0.2, -0.15) is 5.26 Å². The summed E-state index contributed by atoms with van der Waals surface area (Å²) in [5.41, 5.74) is 1.72. The van der Waals surface area contributed by atoms with Crippen LogP contribution in [-0.4, -0.2) is 11.2 Å². The van der Waals surface area contributed by atoms with Crippen molar-refractivity contribution >= 4 is 0 Å². The van der Waals surface area contributed by atoms with E-state index >= 15 is 0 Å². The van der Waals surface area contributed by atoms with Crippen molar-refractivity contribution in [1.29, 1.82) is 5.26 Å². The molecule has 2 rings (SSSR count). The van der Waals surface area contributed by atoms with Crippen LogP contribution in [0.5, 0.6) is 5.75 Å². The maximum atomic E-state index is 12.3. The third kappa shape index (κ3) is 4.01. The minimum atomic E-state index is -0.230. The molecule has 2 aromatic rings. The first-order chi connectivity index (χ1) is 11.1. The largest absolute Gasteiger partial charge is 0.493 e. The van der Waals surface area contributed by atoms with E-state index in [1.807, 2.05) is 43.3 Å². The Bertz CT molecular complexity index is 752. The van der Waals surface area contributed by atoms with E-state index in [0.717, 1.165) is 23.4 Å². The van der Waals surface area contributed by atoms with Crippen molar-refractivity contribution in [2.24, 2.45) is 5.92 Å². The average Bonchev–Trinajstić information content (AvgIpc) is 2.55. The molecule has 0 bridgehead atoms. The molecule has 1 aromatic carbocycles. The van der Waals surface area contributed by atoms with Gasteiger partial charge in [-0.05, 0) is 54.3 Å². The van der Waals surface area contributed by atoms with E-state index in [2.05, 4.69) is 13.8 Å². The monoisotopic (exact) mass is 310 g/mol. The first-order valence-corrected chi connectivity index (χ1v) is 7.94. The van der Waals surface area contributed by atoms with Crippen LogP contribution < -0.4 is 10.3 Å². The zero-order chi connectivity index (χ0) is 16.8. The zero-order valence-corrected chi connectivity index (χ0v) is 13.9. The first kappa shape index (κ1) is 16.8. The van der Waals surface area contributed by atoms with Gasteiger partial charge in [0.25, 0.3) is 5.56 Å². The molecular formula is C19H22N2O2. The molecule has 23 heavy (non-hydrogen) atoms. The number of ether oxygens (including phenoxy) is 1. The first-order valence-electron chi connectivity index (χ1n) is 7.94. The SMILES string of the molecule is CCCn1c(-c2ccc(OCC(C)C)cc2)ccc(C#N)c1=O. The number of rotatable bonds is 6. The molecule has 0 aliphatic rings. The van der Waals surface area contributed by atoms with Gasteiger partial charge >= 0.3 is 0 Å². The van der Waals surface area contributed by atoms with Crippen LogP contribution in [0.3, 0.4) is 0 Å². The van der Waals surface area contributed by atoms with Crippen molar-refractivity contribution in [3.05, 3.63) is 52.3 Å². The van der Waals surface area contributed by atoms with E-state index in [-0.39, 0.29) is 11.1 Å². The summed E-state index contributed by atoms with van der Waals surface area (Å²) in [4.78, 5) is 12.3. The van der Waals surface area contributed by atoms with Gasteiger partial charge in [-0.1, -0.05) is 20.8 Å². The molecule has 0 fully saturated rings. The van der Waals surface area contributed by atoms with Crippen LogP contribution in [0.15, 0.2) is 41.2 Å². The van der Waals surface area contributed by atoms with Gasteiger partial charge in [0.15, 0.2) is 0 Å². The molecule has 0 saturated heterocycles. The Morgan fingerprint density at radius 2 is 1.87 bits per heavy atom. The van der Waals surface area contributed by atoms with Crippen LogP contribution in [0.25, 0.3) is 11.3 Å². The number of hydrogen-bond acceptors (Lipinski definition) is 3. The third-order valence-electron chi connectivity index (χ3n) is 3.48. The second-order valence-electron chi connectivity index (χ2n) is 5.93.